The molecule has 0 aromatic heterocycles. The van der Waals surface area contributed by atoms with Crippen LogP contribution in [0.1, 0.15) is 62.1 Å². The first-order valence-electron chi connectivity index (χ1n) is 7.58. The van der Waals surface area contributed by atoms with E-state index in [1.165, 1.54) is 44.1 Å². The van der Waals surface area contributed by atoms with E-state index in [4.69, 9.17) is 5.73 Å². The molecule has 0 heterocycles. The second kappa shape index (κ2) is 4.70. The number of rotatable bonds is 1. The summed E-state index contributed by atoms with van der Waals surface area (Å²) in [6.07, 6.45) is 10.1. The molecule has 2 atom stereocenters. The predicted octanol–water partition coefficient (Wildman–Crippen LogP) is 3.93. The summed E-state index contributed by atoms with van der Waals surface area (Å²) in [5, 5.41) is 0. The Hall–Kier alpha value is -0.820. The van der Waals surface area contributed by atoms with Gasteiger partial charge in [0, 0.05) is 5.54 Å². The van der Waals surface area contributed by atoms with E-state index in [1.807, 2.05) is 0 Å². The Balaban J connectivity index is 1.88. The van der Waals surface area contributed by atoms with E-state index >= 15 is 0 Å². The molecule has 0 saturated heterocycles. The first-order valence-corrected chi connectivity index (χ1v) is 7.58. The van der Waals surface area contributed by atoms with Crippen molar-refractivity contribution in [2.45, 2.75) is 63.8 Å². The summed E-state index contributed by atoms with van der Waals surface area (Å²) in [5.74, 6) is 0.852. The zero-order chi connectivity index (χ0) is 12.6. The molecule has 0 radical (unpaired) electrons. The number of hydrogen-bond acceptors (Lipinski definition) is 1. The molecule has 0 bridgehead atoms. The molecule has 1 saturated carbocycles. The van der Waals surface area contributed by atoms with Crippen LogP contribution in [0.2, 0.25) is 0 Å². The molecule has 3 rings (SSSR count). The van der Waals surface area contributed by atoms with Gasteiger partial charge in [0.1, 0.15) is 0 Å². The van der Waals surface area contributed by atoms with Gasteiger partial charge in [0.2, 0.25) is 0 Å². The van der Waals surface area contributed by atoms with Crippen molar-refractivity contribution in [3.8, 4) is 0 Å². The summed E-state index contributed by atoms with van der Waals surface area (Å²) in [5.41, 5.74) is 11.2. The van der Waals surface area contributed by atoms with E-state index in [1.54, 1.807) is 11.1 Å². The maximum atomic E-state index is 6.74. The fourth-order valence-electron chi connectivity index (χ4n) is 3.71. The highest BCUT2D eigenvalue weighted by Crippen LogP contribution is 2.37. The Morgan fingerprint density at radius 1 is 1.06 bits per heavy atom. The van der Waals surface area contributed by atoms with Gasteiger partial charge in [0.05, 0.1) is 0 Å². The number of nitrogens with two attached hydrogens (primary N) is 1. The molecular weight excluding hydrogens is 218 g/mol. The van der Waals surface area contributed by atoms with Crippen molar-refractivity contribution in [3.63, 3.8) is 0 Å². The Morgan fingerprint density at radius 2 is 1.89 bits per heavy atom. The summed E-state index contributed by atoms with van der Waals surface area (Å²) in [6.45, 7) is 2.37. The van der Waals surface area contributed by atoms with Gasteiger partial charge in [0.25, 0.3) is 0 Å². The minimum Gasteiger partial charge on any atom is -0.321 e. The van der Waals surface area contributed by atoms with Gasteiger partial charge in [-0.05, 0) is 61.1 Å². The second-order valence-electron chi connectivity index (χ2n) is 6.53. The zero-order valence-corrected chi connectivity index (χ0v) is 11.5. The molecule has 0 amide bonds. The highest BCUT2D eigenvalue weighted by molar-refractivity contribution is 5.38. The van der Waals surface area contributed by atoms with Crippen molar-refractivity contribution in [3.05, 3.63) is 34.9 Å². The number of fused-ring (bicyclic) bond motifs is 1. The average Bonchev–Trinajstić information content (AvgIpc) is 2.76. The van der Waals surface area contributed by atoms with Crippen LogP contribution in [0.5, 0.6) is 0 Å². The van der Waals surface area contributed by atoms with Gasteiger partial charge in [-0.3, -0.25) is 0 Å². The van der Waals surface area contributed by atoms with Crippen LogP contribution in [-0.4, -0.2) is 0 Å². The molecule has 2 unspecified atom stereocenters. The van der Waals surface area contributed by atoms with Crippen molar-refractivity contribution in [1.82, 2.24) is 0 Å². The fourth-order valence-corrected chi connectivity index (χ4v) is 3.71. The van der Waals surface area contributed by atoms with Gasteiger partial charge < -0.3 is 5.73 Å². The van der Waals surface area contributed by atoms with Crippen molar-refractivity contribution in [2.75, 3.05) is 0 Å². The molecule has 0 spiro atoms. The molecule has 1 nitrogen and oxygen atoms in total. The normalized spacial score (nSPS) is 32.0. The Bertz CT molecular complexity index is 437. The molecule has 2 N–H and O–H groups in total. The molecule has 1 heteroatoms. The molecular formula is C17H25N. The van der Waals surface area contributed by atoms with Crippen molar-refractivity contribution < 1.29 is 0 Å². The zero-order valence-electron chi connectivity index (χ0n) is 11.5. The smallest absolute Gasteiger partial charge is 0.0409 e. The maximum absolute atomic E-state index is 6.74. The molecule has 1 aromatic rings. The quantitative estimate of drug-likeness (QED) is 0.743. The Kier molecular flexibility index (Phi) is 3.19. The summed E-state index contributed by atoms with van der Waals surface area (Å²) >= 11 is 0. The maximum Gasteiger partial charge on any atom is 0.0409 e. The molecule has 98 valence electrons. The molecule has 1 fully saturated rings. The van der Waals surface area contributed by atoms with Crippen molar-refractivity contribution in [1.29, 1.82) is 0 Å². The van der Waals surface area contributed by atoms with E-state index in [2.05, 4.69) is 25.1 Å². The van der Waals surface area contributed by atoms with Crippen LogP contribution >= 0.6 is 0 Å². The summed E-state index contributed by atoms with van der Waals surface area (Å²) in [4.78, 5) is 0. The molecule has 1 aromatic carbocycles. The molecule has 2 aliphatic rings. The first-order chi connectivity index (χ1) is 8.67. The lowest BCUT2D eigenvalue weighted by molar-refractivity contribution is 0.378. The Morgan fingerprint density at radius 3 is 2.78 bits per heavy atom. The monoisotopic (exact) mass is 243 g/mol. The third kappa shape index (κ3) is 2.21. The van der Waals surface area contributed by atoms with Gasteiger partial charge in [-0.25, -0.2) is 0 Å². The number of benzene rings is 1. The fraction of sp³-hybridized carbons (Fsp3) is 0.647. The lowest BCUT2D eigenvalue weighted by Crippen LogP contribution is -2.36. The van der Waals surface area contributed by atoms with E-state index in [0.29, 0.717) is 0 Å². The SMILES string of the molecule is CC1CCCC(N)(c2ccc3c(c2)CCC3)CC1. The summed E-state index contributed by atoms with van der Waals surface area (Å²) in [6, 6.07) is 7.05. The highest BCUT2D eigenvalue weighted by atomic mass is 14.7. The van der Waals surface area contributed by atoms with Crippen LogP contribution in [-0.2, 0) is 18.4 Å². The Labute approximate surface area is 111 Å². The van der Waals surface area contributed by atoms with Crippen LogP contribution < -0.4 is 5.73 Å². The third-order valence-corrected chi connectivity index (χ3v) is 5.08. The van der Waals surface area contributed by atoms with E-state index in [9.17, 15) is 0 Å². The van der Waals surface area contributed by atoms with Gasteiger partial charge >= 0.3 is 0 Å². The third-order valence-electron chi connectivity index (χ3n) is 5.08. The van der Waals surface area contributed by atoms with Crippen LogP contribution in [0.25, 0.3) is 0 Å². The highest BCUT2D eigenvalue weighted by Gasteiger charge is 2.30. The van der Waals surface area contributed by atoms with Crippen molar-refractivity contribution >= 4 is 0 Å². The van der Waals surface area contributed by atoms with Crippen LogP contribution in [0.15, 0.2) is 18.2 Å². The standard InChI is InChI=1S/C17H25N/c1-13-4-3-10-17(18,11-9-13)16-8-7-14-5-2-6-15(14)12-16/h7-8,12-13H,2-6,9-11,18H2,1H3. The van der Waals surface area contributed by atoms with Crippen molar-refractivity contribution in [2.24, 2.45) is 11.7 Å². The summed E-state index contributed by atoms with van der Waals surface area (Å²) < 4.78 is 0. The van der Waals surface area contributed by atoms with E-state index in [0.717, 1.165) is 18.8 Å². The van der Waals surface area contributed by atoms with Gasteiger partial charge in [-0.15, -0.1) is 0 Å². The minimum atomic E-state index is -0.0532. The van der Waals surface area contributed by atoms with Crippen LogP contribution in [0, 0.1) is 5.92 Å². The van der Waals surface area contributed by atoms with E-state index < -0.39 is 0 Å². The minimum absolute atomic E-state index is 0.0532. The number of aryl methyl sites for hydroxylation is 2. The van der Waals surface area contributed by atoms with Gasteiger partial charge in [-0.2, -0.15) is 0 Å². The predicted molar refractivity (Wildman–Crippen MR) is 76.6 cm³/mol. The second-order valence-corrected chi connectivity index (χ2v) is 6.53. The lowest BCUT2D eigenvalue weighted by Gasteiger charge is -2.29. The summed E-state index contributed by atoms with van der Waals surface area (Å²) in [7, 11) is 0. The number of hydrogen-bond donors (Lipinski definition) is 1. The first kappa shape index (κ1) is 12.2. The van der Waals surface area contributed by atoms with Crippen LogP contribution in [0.4, 0.5) is 0 Å². The van der Waals surface area contributed by atoms with E-state index in [-0.39, 0.29) is 5.54 Å². The molecule has 2 aliphatic carbocycles. The topological polar surface area (TPSA) is 26.0 Å². The van der Waals surface area contributed by atoms with Crippen LogP contribution in [0.3, 0.4) is 0 Å². The molecule has 18 heavy (non-hydrogen) atoms. The largest absolute Gasteiger partial charge is 0.321 e. The van der Waals surface area contributed by atoms with Gasteiger partial charge in [-0.1, -0.05) is 38.0 Å². The average molecular weight is 243 g/mol. The molecule has 0 aliphatic heterocycles. The lowest BCUT2D eigenvalue weighted by atomic mass is 9.82. The van der Waals surface area contributed by atoms with Gasteiger partial charge in [0.15, 0.2) is 0 Å².